The van der Waals surface area contributed by atoms with Crippen LogP contribution in [0.2, 0.25) is 0 Å². The van der Waals surface area contributed by atoms with E-state index in [9.17, 15) is 54.0 Å². The third kappa shape index (κ3) is 9.47. The fraction of sp³-hybridized carbons (Fsp3) is 0.520. The molecule has 2 aliphatic rings. The van der Waals surface area contributed by atoms with Gasteiger partial charge >= 0.3 is 45.2 Å². The fourth-order valence-electron chi connectivity index (χ4n) is 4.97. The van der Waals surface area contributed by atoms with Crippen molar-refractivity contribution in [3.63, 3.8) is 0 Å². The second kappa shape index (κ2) is 16.6. The Balaban J connectivity index is 0.00000562. The zero-order valence-corrected chi connectivity index (χ0v) is 30.8. The number of anilines is 1. The molecule has 2 aliphatic heterocycles. The van der Waals surface area contributed by atoms with Gasteiger partial charge in [-0.1, -0.05) is 24.3 Å². The number of aliphatic hydroxyl groups excluding tert-OH is 5. The molecule has 1 aromatic carbocycles. The number of carbonyl (C=O) groups excluding carboxylic acids is 1. The SMILES string of the molecule is CC(=O)c1ccc(CSC[C@@H]2OC(OP(=O)(O)OP(=O)(O)OC[C@H]3O[C@@H](n4cnc5c(=O)[nH]c(N)nc54)[C@H](O)[C@@H]3O)[C@@H](O)[C@H](O)[C@@H]2O)cc1.[Na+]. The van der Waals surface area contributed by atoms with Crippen LogP contribution in [0.3, 0.4) is 0 Å². The molecule has 0 saturated carbocycles. The van der Waals surface area contributed by atoms with Crippen LogP contribution in [0.1, 0.15) is 29.1 Å². The molecule has 2 aromatic heterocycles. The molecule has 2 saturated heterocycles. The number of ether oxygens (including phenoxy) is 2. The third-order valence-corrected chi connectivity index (χ3v) is 11.2. The van der Waals surface area contributed by atoms with E-state index < -0.39 is 83.1 Å². The van der Waals surface area contributed by atoms with Gasteiger partial charge in [-0.05, 0) is 12.5 Å². The summed E-state index contributed by atoms with van der Waals surface area (Å²) in [6, 6.07) is 6.72. The van der Waals surface area contributed by atoms with E-state index in [1.807, 2.05) is 0 Å². The van der Waals surface area contributed by atoms with Gasteiger partial charge < -0.3 is 50.5 Å². The van der Waals surface area contributed by atoms with Crippen LogP contribution in [-0.2, 0) is 37.7 Å². The van der Waals surface area contributed by atoms with Crippen LogP contribution < -0.4 is 40.9 Å². The molecule has 50 heavy (non-hydrogen) atoms. The number of rotatable bonds is 13. The molecule has 0 bridgehead atoms. The number of phosphoric ester groups is 2. The normalized spacial score (nSPS) is 30.8. The first-order valence-electron chi connectivity index (χ1n) is 14.3. The summed E-state index contributed by atoms with van der Waals surface area (Å²) in [6.45, 7) is 0.437. The maximum atomic E-state index is 12.7. The summed E-state index contributed by atoms with van der Waals surface area (Å²) in [7, 11) is -11.1. The number of aromatic amines is 1. The number of hydrogen-bond acceptors (Lipinski definition) is 18. The summed E-state index contributed by atoms with van der Waals surface area (Å²) in [5.74, 6) is -0.0152. The summed E-state index contributed by atoms with van der Waals surface area (Å²) >= 11 is 1.22. The van der Waals surface area contributed by atoms with Crippen LogP contribution in [0.15, 0.2) is 35.4 Å². The van der Waals surface area contributed by atoms with Crippen molar-refractivity contribution < 1.29 is 102 Å². The molecule has 0 aliphatic carbocycles. The van der Waals surface area contributed by atoms with E-state index in [1.54, 1.807) is 24.3 Å². The van der Waals surface area contributed by atoms with Crippen LogP contribution in [0.25, 0.3) is 11.2 Å². The molecule has 0 amide bonds. The van der Waals surface area contributed by atoms with Gasteiger partial charge in [0.2, 0.25) is 5.95 Å². The number of phosphoric acid groups is 2. The third-order valence-electron chi connectivity index (χ3n) is 7.49. The summed E-state index contributed by atoms with van der Waals surface area (Å²) < 4.78 is 50.9. The Kier molecular flexibility index (Phi) is 13.6. The molecule has 25 heteroatoms. The van der Waals surface area contributed by atoms with Crippen LogP contribution in [-0.4, -0.2) is 122 Å². The van der Waals surface area contributed by atoms with Crippen molar-refractivity contribution in [1.29, 1.82) is 0 Å². The molecule has 3 aromatic rings. The quantitative estimate of drug-likeness (QED) is 0.0449. The zero-order chi connectivity index (χ0) is 35.8. The number of Topliss-reactive ketones (excluding diaryl/α,β-unsaturated/α-hetero) is 1. The molecular weight excluding hydrogens is 743 g/mol. The molecule has 11 atom stereocenters. The number of fused-ring (bicyclic) bond motifs is 1. The molecule has 10 N–H and O–H groups in total. The predicted octanol–water partition coefficient (Wildman–Crippen LogP) is -4.48. The van der Waals surface area contributed by atoms with Crippen molar-refractivity contribution >= 4 is 50.3 Å². The van der Waals surface area contributed by atoms with Crippen molar-refractivity contribution in [1.82, 2.24) is 19.5 Å². The average molecular weight is 777 g/mol. The number of hydrogen-bond donors (Lipinski definition) is 9. The number of nitrogens with one attached hydrogen (secondary N) is 1. The molecular formula is C25H33N5NaO16P2S+. The molecule has 0 spiro atoms. The van der Waals surface area contributed by atoms with Crippen LogP contribution >= 0.6 is 27.4 Å². The van der Waals surface area contributed by atoms with Gasteiger partial charge in [0.15, 0.2) is 29.5 Å². The van der Waals surface area contributed by atoms with Gasteiger partial charge in [0.1, 0.15) is 36.6 Å². The van der Waals surface area contributed by atoms with E-state index in [1.165, 1.54) is 18.7 Å². The first-order valence-corrected chi connectivity index (χ1v) is 18.4. The second-order valence-electron chi connectivity index (χ2n) is 11.0. The summed E-state index contributed by atoms with van der Waals surface area (Å²) in [6.07, 6.45) is -14.4. The Morgan fingerprint density at radius 2 is 1.66 bits per heavy atom. The maximum Gasteiger partial charge on any atom is 1.00 e. The smallest absolute Gasteiger partial charge is 0.388 e. The van der Waals surface area contributed by atoms with Gasteiger partial charge in [-0.25, -0.2) is 14.1 Å². The molecule has 2 fully saturated rings. The molecule has 5 rings (SSSR count). The minimum Gasteiger partial charge on any atom is -0.388 e. The van der Waals surface area contributed by atoms with Crippen LogP contribution in [0.5, 0.6) is 0 Å². The van der Waals surface area contributed by atoms with E-state index in [0.29, 0.717) is 11.3 Å². The molecule has 270 valence electrons. The first-order chi connectivity index (χ1) is 23.0. The fourth-order valence-corrected chi connectivity index (χ4v) is 8.18. The van der Waals surface area contributed by atoms with Crippen LogP contribution in [0.4, 0.5) is 5.95 Å². The topological polar surface area (TPSA) is 329 Å². The number of aliphatic hydroxyl groups is 5. The van der Waals surface area contributed by atoms with E-state index in [2.05, 4.69) is 19.3 Å². The largest absolute Gasteiger partial charge is 1.00 e. The minimum atomic E-state index is -5.62. The average Bonchev–Trinajstić information content (AvgIpc) is 3.56. The van der Waals surface area contributed by atoms with E-state index in [4.69, 9.17) is 24.3 Å². The first kappa shape index (κ1) is 41.1. The number of nitrogen functional groups attached to an aromatic ring is 1. The molecule has 3 unspecified atom stereocenters. The Hall–Kier alpha value is -1.63. The number of ketones is 1. The molecule has 4 heterocycles. The standard InChI is InChI=1S/C25H33N5O16P2S.Na/c1-10(31)12-4-2-11(3-5-12)7-49-8-14-17(33)18(34)20(36)24(44-14)45-48(40,41)46-47(38,39)42-6-13-16(32)19(35)23(43-13)30-9-27-15-21(30)28-25(26)29-22(15)37;/h2-5,9,13-14,16-20,23-24,32-36H,6-8H2,1H3,(H,38,39)(H,40,41)(H3,26,28,29,37);/q;+1/t13-,14+,16-,17-,18-,19-,20+,23-,24?;/m1./s1. The van der Waals surface area contributed by atoms with E-state index in [0.717, 1.165) is 16.5 Å². The second-order valence-corrected chi connectivity index (χ2v) is 15.1. The summed E-state index contributed by atoms with van der Waals surface area (Å²) in [5, 5.41) is 52.0. The summed E-state index contributed by atoms with van der Waals surface area (Å²) in [4.78, 5) is 53.9. The Morgan fingerprint density at radius 1 is 1.00 bits per heavy atom. The number of thioether (sulfide) groups is 1. The van der Waals surface area contributed by atoms with Crippen molar-refractivity contribution in [3.05, 3.63) is 52.1 Å². The van der Waals surface area contributed by atoms with Crippen molar-refractivity contribution in [2.45, 2.75) is 67.9 Å². The number of aromatic nitrogens is 4. The Morgan fingerprint density at radius 3 is 2.32 bits per heavy atom. The van der Waals surface area contributed by atoms with Crippen molar-refractivity contribution in [2.24, 2.45) is 0 Å². The van der Waals surface area contributed by atoms with Gasteiger partial charge in [0, 0.05) is 17.1 Å². The molecule has 21 nitrogen and oxygen atoms in total. The predicted molar refractivity (Wildman–Crippen MR) is 166 cm³/mol. The maximum absolute atomic E-state index is 12.7. The van der Waals surface area contributed by atoms with Crippen molar-refractivity contribution in [2.75, 3.05) is 18.1 Å². The molecule has 0 radical (unpaired) electrons. The number of benzene rings is 1. The minimum absolute atomic E-state index is 0. The Bertz CT molecular complexity index is 1820. The number of nitrogens with two attached hydrogens (primary N) is 1. The van der Waals surface area contributed by atoms with Gasteiger partial charge in [0.25, 0.3) is 5.56 Å². The monoisotopic (exact) mass is 776 g/mol. The zero-order valence-electron chi connectivity index (χ0n) is 26.2. The van der Waals surface area contributed by atoms with Crippen LogP contribution in [0, 0.1) is 0 Å². The van der Waals surface area contributed by atoms with Gasteiger partial charge in [0.05, 0.1) is 19.0 Å². The Labute approximate surface area is 308 Å². The number of imidazole rings is 1. The number of H-pyrrole nitrogens is 1. The van der Waals surface area contributed by atoms with Gasteiger partial charge in [-0.15, -0.1) is 0 Å². The summed E-state index contributed by atoms with van der Waals surface area (Å²) in [5.41, 5.74) is 5.93. The van der Waals surface area contributed by atoms with E-state index >= 15 is 0 Å². The number of nitrogens with zero attached hydrogens (tertiary/aromatic N) is 3. The van der Waals surface area contributed by atoms with Crippen molar-refractivity contribution in [3.8, 4) is 0 Å². The van der Waals surface area contributed by atoms with Gasteiger partial charge in [-0.3, -0.25) is 28.2 Å². The van der Waals surface area contributed by atoms with Gasteiger partial charge in [-0.2, -0.15) is 21.1 Å². The van der Waals surface area contributed by atoms with E-state index in [-0.39, 0.29) is 58.2 Å². The number of carbonyl (C=O) groups is 1.